The molecular formula is C18H17ClN4O3S2. The van der Waals surface area contributed by atoms with Crippen LogP contribution in [-0.4, -0.2) is 25.9 Å². The summed E-state index contributed by atoms with van der Waals surface area (Å²) in [4.78, 5) is 16.6. The number of hydrogen-bond donors (Lipinski definition) is 3. The number of hydrogen-bond acceptors (Lipinski definition) is 6. The molecule has 146 valence electrons. The fourth-order valence-electron chi connectivity index (χ4n) is 2.38. The van der Waals surface area contributed by atoms with Crippen molar-refractivity contribution in [3.05, 3.63) is 70.2 Å². The van der Waals surface area contributed by atoms with Gasteiger partial charge in [-0.3, -0.25) is 4.79 Å². The highest BCUT2D eigenvalue weighted by Crippen LogP contribution is 2.23. The molecule has 0 aliphatic heterocycles. The first kappa shape index (κ1) is 20.3. The minimum Gasteiger partial charge on any atom is -0.350 e. The van der Waals surface area contributed by atoms with E-state index in [1.807, 2.05) is 12.1 Å². The SMILES string of the molecule is NS(=O)(=O)c1ccc(CCNC(=O)c2csc(Nc3cccc(Cl)c3)n2)cc1. The molecule has 28 heavy (non-hydrogen) atoms. The number of nitrogens with one attached hydrogen (secondary N) is 2. The largest absolute Gasteiger partial charge is 0.350 e. The topological polar surface area (TPSA) is 114 Å². The van der Waals surface area contributed by atoms with Crippen molar-refractivity contribution in [1.82, 2.24) is 10.3 Å². The molecule has 3 aromatic rings. The predicted octanol–water partition coefficient (Wildman–Crippen LogP) is 3.16. The van der Waals surface area contributed by atoms with Gasteiger partial charge in [-0.25, -0.2) is 18.5 Å². The zero-order valence-electron chi connectivity index (χ0n) is 14.6. The highest BCUT2D eigenvalue weighted by molar-refractivity contribution is 7.89. The molecule has 0 unspecified atom stereocenters. The van der Waals surface area contributed by atoms with Crippen molar-refractivity contribution in [2.45, 2.75) is 11.3 Å². The molecule has 0 bridgehead atoms. The maximum absolute atomic E-state index is 12.2. The average Bonchev–Trinajstić information content (AvgIpc) is 3.10. The van der Waals surface area contributed by atoms with Crippen LogP contribution in [0.5, 0.6) is 0 Å². The number of halogens is 1. The first-order valence-electron chi connectivity index (χ1n) is 8.19. The maximum Gasteiger partial charge on any atom is 0.270 e. The summed E-state index contributed by atoms with van der Waals surface area (Å²) in [6, 6.07) is 13.4. The lowest BCUT2D eigenvalue weighted by atomic mass is 10.1. The summed E-state index contributed by atoms with van der Waals surface area (Å²) in [6.45, 7) is 0.391. The fraction of sp³-hybridized carbons (Fsp3) is 0.111. The van der Waals surface area contributed by atoms with Crippen molar-refractivity contribution in [2.24, 2.45) is 5.14 Å². The molecule has 1 heterocycles. The Balaban J connectivity index is 1.52. The van der Waals surface area contributed by atoms with Gasteiger partial charge in [-0.05, 0) is 42.3 Å². The summed E-state index contributed by atoms with van der Waals surface area (Å²) in [7, 11) is -3.70. The zero-order chi connectivity index (χ0) is 20.1. The molecule has 0 aliphatic carbocycles. The molecular weight excluding hydrogens is 420 g/mol. The van der Waals surface area contributed by atoms with Crippen LogP contribution in [0, 0.1) is 0 Å². The normalized spacial score (nSPS) is 11.2. The van der Waals surface area contributed by atoms with Gasteiger partial charge in [0, 0.05) is 22.6 Å². The molecule has 7 nitrogen and oxygen atoms in total. The van der Waals surface area contributed by atoms with E-state index >= 15 is 0 Å². The summed E-state index contributed by atoms with van der Waals surface area (Å²) >= 11 is 7.27. The first-order chi connectivity index (χ1) is 13.3. The third-order valence-corrected chi connectivity index (χ3v) is 5.69. The van der Waals surface area contributed by atoms with E-state index in [-0.39, 0.29) is 10.8 Å². The number of amides is 1. The second-order valence-corrected chi connectivity index (χ2v) is 8.72. The Kier molecular flexibility index (Phi) is 6.30. The number of primary sulfonamides is 1. The van der Waals surface area contributed by atoms with Crippen LogP contribution < -0.4 is 15.8 Å². The van der Waals surface area contributed by atoms with Gasteiger partial charge in [0.1, 0.15) is 5.69 Å². The number of sulfonamides is 1. The summed E-state index contributed by atoms with van der Waals surface area (Å²) in [5.74, 6) is -0.281. The van der Waals surface area contributed by atoms with Gasteiger partial charge in [-0.15, -0.1) is 11.3 Å². The summed E-state index contributed by atoms with van der Waals surface area (Å²) < 4.78 is 22.5. The molecule has 0 radical (unpaired) electrons. The van der Waals surface area contributed by atoms with E-state index < -0.39 is 10.0 Å². The van der Waals surface area contributed by atoms with Crippen molar-refractivity contribution in [1.29, 1.82) is 0 Å². The number of rotatable bonds is 7. The number of carbonyl (C=O) groups is 1. The summed E-state index contributed by atoms with van der Waals surface area (Å²) in [6.07, 6.45) is 0.550. The lowest BCUT2D eigenvalue weighted by Gasteiger charge is -2.05. The van der Waals surface area contributed by atoms with Crippen LogP contribution in [0.2, 0.25) is 5.02 Å². The molecule has 2 aromatic carbocycles. The molecule has 0 atom stereocenters. The fourth-order valence-corrected chi connectivity index (χ4v) is 3.80. The van der Waals surface area contributed by atoms with Crippen molar-refractivity contribution >= 4 is 49.7 Å². The molecule has 0 saturated heterocycles. The van der Waals surface area contributed by atoms with Crippen LogP contribution in [0.3, 0.4) is 0 Å². The smallest absolute Gasteiger partial charge is 0.270 e. The van der Waals surface area contributed by atoms with Crippen LogP contribution >= 0.6 is 22.9 Å². The number of anilines is 2. The Morgan fingerprint density at radius 3 is 2.61 bits per heavy atom. The third kappa shape index (κ3) is 5.52. The van der Waals surface area contributed by atoms with E-state index in [2.05, 4.69) is 15.6 Å². The van der Waals surface area contributed by atoms with E-state index in [0.29, 0.717) is 28.8 Å². The van der Waals surface area contributed by atoms with Gasteiger partial charge < -0.3 is 10.6 Å². The Labute approximate surface area is 171 Å². The third-order valence-electron chi connectivity index (χ3n) is 3.76. The van der Waals surface area contributed by atoms with E-state index in [4.69, 9.17) is 16.7 Å². The van der Waals surface area contributed by atoms with Crippen molar-refractivity contribution in [2.75, 3.05) is 11.9 Å². The Bertz CT molecular complexity index is 1080. The van der Waals surface area contributed by atoms with E-state index in [9.17, 15) is 13.2 Å². The number of benzene rings is 2. The van der Waals surface area contributed by atoms with Gasteiger partial charge in [0.2, 0.25) is 10.0 Å². The summed E-state index contributed by atoms with van der Waals surface area (Å²) in [5, 5.41) is 13.8. The van der Waals surface area contributed by atoms with Gasteiger partial charge >= 0.3 is 0 Å². The summed E-state index contributed by atoms with van der Waals surface area (Å²) in [5.41, 5.74) is 1.99. The lowest BCUT2D eigenvalue weighted by Crippen LogP contribution is -2.26. The molecule has 0 saturated carbocycles. The quantitative estimate of drug-likeness (QED) is 0.526. The van der Waals surface area contributed by atoms with E-state index in [0.717, 1.165) is 11.3 Å². The van der Waals surface area contributed by atoms with Crippen LogP contribution in [0.1, 0.15) is 16.1 Å². The monoisotopic (exact) mass is 436 g/mol. The van der Waals surface area contributed by atoms with Gasteiger partial charge in [0.25, 0.3) is 5.91 Å². The van der Waals surface area contributed by atoms with Gasteiger partial charge in [0.15, 0.2) is 5.13 Å². The molecule has 0 fully saturated rings. The standard InChI is InChI=1S/C18H17ClN4O3S2/c19-13-2-1-3-14(10-13)22-18-23-16(11-27-18)17(24)21-9-8-12-4-6-15(7-5-12)28(20,25)26/h1-7,10-11H,8-9H2,(H,21,24)(H,22,23)(H2,20,25,26). The minimum atomic E-state index is -3.70. The molecule has 0 spiro atoms. The number of nitrogens with two attached hydrogens (primary N) is 1. The maximum atomic E-state index is 12.2. The first-order valence-corrected chi connectivity index (χ1v) is 11.0. The van der Waals surface area contributed by atoms with Crippen molar-refractivity contribution in [3.8, 4) is 0 Å². The molecule has 1 amide bonds. The lowest BCUT2D eigenvalue weighted by molar-refractivity contribution is 0.0950. The molecule has 10 heteroatoms. The van der Waals surface area contributed by atoms with Gasteiger partial charge in [-0.1, -0.05) is 29.8 Å². The van der Waals surface area contributed by atoms with E-state index in [1.165, 1.54) is 23.5 Å². The van der Waals surface area contributed by atoms with Gasteiger partial charge in [0.05, 0.1) is 4.90 Å². The van der Waals surface area contributed by atoms with Crippen LogP contribution in [0.25, 0.3) is 0 Å². The van der Waals surface area contributed by atoms with Crippen molar-refractivity contribution < 1.29 is 13.2 Å². The van der Waals surface area contributed by atoms with Crippen molar-refractivity contribution in [3.63, 3.8) is 0 Å². The van der Waals surface area contributed by atoms with Crippen LogP contribution in [-0.2, 0) is 16.4 Å². The number of carbonyl (C=O) groups excluding carboxylic acids is 1. The zero-order valence-corrected chi connectivity index (χ0v) is 16.9. The second kappa shape index (κ2) is 8.70. The number of nitrogens with zero attached hydrogens (tertiary/aromatic N) is 1. The minimum absolute atomic E-state index is 0.0579. The highest BCUT2D eigenvalue weighted by atomic mass is 35.5. The average molecular weight is 437 g/mol. The van der Waals surface area contributed by atoms with Crippen LogP contribution in [0.4, 0.5) is 10.8 Å². The Morgan fingerprint density at radius 2 is 1.93 bits per heavy atom. The van der Waals surface area contributed by atoms with Gasteiger partial charge in [-0.2, -0.15) is 0 Å². The van der Waals surface area contributed by atoms with E-state index in [1.54, 1.807) is 29.6 Å². The molecule has 1 aromatic heterocycles. The predicted molar refractivity (Wildman–Crippen MR) is 111 cm³/mol. The Morgan fingerprint density at radius 1 is 1.18 bits per heavy atom. The second-order valence-electron chi connectivity index (χ2n) is 5.87. The Hall–Kier alpha value is -2.46. The molecule has 0 aliphatic rings. The molecule has 3 rings (SSSR count). The van der Waals surface area contributed by atoms with Crippen LogP contribution in [0.15, 0.2) is 58.8 Å². The molecule has 4 N–H and O–H groups in total. The highest BCUT2D eigenvalue weighted by Gasteiger charge is 2.11. The number of aromatic nitrogens is 1. The number of thiazole rings is 1.